The zero-order valence-corrected chi connectivity index (χ0v) is 16.4. The molecule has 0 spiro atoms. The number of hydrogen-bond donors (Lipinski definition) is 2. The van der Waals surface area contributed by atoms with E-state index in [-0.39, 0.29) is 5.82 Å². The van der Waals surface area contributed by atoms with Gasteiger partial charge in [-0.15, -0.1) is 11.8 Å². The molecule has 128 valence electrons. The van der Waals surface area contributed by atoms with Gasteiger partial charge < -0.3 is 10.3 Å². The molecule has 1 fully saturated rings. The number of H-pyrrole nitrogens is 1. The topological polar surface area (TPSA) is 40.2 Å². The summed E-state index contributed by atoms with van der Waals surface area (Å²) in [6, 6.07) is 6.14. The van der Waals surface area contributed by atoms with Crippen LogP contribution in [0.25, 0.3) is 10.9 Å². The number of thioether (sulfide) groups is 1. The molecule has 4 rings (SSSR count). The molecule has 1 aromatic heterocycles. The summed E-state index contributed by atoms with van der Waals surface area (Å²) in [6.45, 7) is 0. The van der Waals surface area contributed by atoms with Crippen molar-refractivity contribution < 1.29 is 4.39 Å². The Morgan fingerprint density at radius 1 is 1.29 bits per heavy atom. The summed E-state index contributed by atoms with van der Waals surface area (Å²) in [7, 11) is 0. The van der Waals surface area contributed by atoms with Crippen LogP contribution in [0.5, 0.6) is 0 Å². The van der Waals surface area contributed by atoms with Gasteiger partial charge in [-0.3, -0.25) is 4.99 Å². The van der Waals surface area contributed by atoms with Crippen LogP contribution in [-0.2, 0) is 0 Å². The number of aromatic amines is 1. The lowest BCUT2D eigenvalue weighted by Crippen LogP contribution is -2.14. The first-order chi connectivity index (χ1) is 11.7. The van der Waals surface area contributed by atoms with E-state index >= 15 is 0 Å². The molecule has 2 aromatic rings. The van der Waals surface area contributed by atoms with Crippen molar-refractivity contribution in [2.75, 3.05) is 15.5 Å². The van der Waals surface area contributed by atoms with Crippen LogP contribution in [0, 0.1) is 5.82 Å². The lowest BCUT2D eigenvalue weighted by Gasteiger charge is -2.14. The molecule has 1 aromatic carbocycles. The first-order valence-corrected chi connectivity index (χ1v) is 11.1. The van der Waals surface area contributed by atoms with Crippen molar-refractivity contribution in [3.63, 3.8) is 0 Å². The molecule has 0 saturated heterocycles. The summed E-state index contributed by atoms with van der Waals surface area (Å²) in [6.07, 6.45) is 5.99. The van der Waals surface area contributed by atoms with E-state index in [4.69, 9.17) is 4.99 Å². The molecule has 3 nitrogen and oxygen atoms in total. The third kappa shape index (κ3) is 3.45. The number of benzene rings is 1. The second-order valence-corrected chi connectivity index (χ2v) is 8.69. The lowest BCUT2D eigenvalue weighted by atomic mass is 10.2. The molecular formula is C18H21FIN3S. The van der Waals surface area contributed by atoms with Gasteiger partial charge in [-0.05, 0) is 37.5 Å². The minimum absolute atomic E-state index is 0.183. The van der Waals surface area contributed by atoms with Crippen molar-refractivity contribution in [1.29, 1.82) is 0 Å². The van der Waals surface area contributed by atoms with Gasteiger partial charge in [0.2, 0.25) is 0 Å². The number of alkyl halides is 1. The van der Waals surface area contributed by atoms with Gasteiger partial charge >= 0.3 is 0 Å². The second-order valence-electron chi connectivity index (χ2n) is 6.60. The maximum atomic E-state index is 14.0. The van der Waals surface area contributed by atoms with E-state index in [1.165, 1.54) is 25.7 Å². The van der Waals surface area contributed by atoms with Crippen molar-refractivity contribution in [2.24, 2.45) is 4.99 Å². The number of anilines is 1. The van der Waals surface area contributed by atoms with Gasteiger partial charge in [0.15, 0.2) is 0 Å². The van der Waals surface area contributed by atoms with Crippen LogP contribution in [0.1, 0.15) is 37.8 Å². The van der Waals surface area contributed by atoms with Gasteiger partial charge in [0.25, 0.3) is 0 Å². The fraction of sp³-hybridized carbons (Fsp3) is 0.500. The Bertz CT molecular complexity index is 767. The smallest absolute Gasteiger partial charge is 0.126 e. The number of rotatable bonds is 5. The highest BCUT2D eigenvalue weighted by atomic mass is 127. The van der Waals surface area contributed by atoms with Crippen LogP contribution in [0.15, 0.2) is 23.2 Å². The van der Waals surface area contributed by atoms with E-state index < -0.39 is 0 Å². The Kier molecular flexibility index (Phi) is 5.03. The third-order valence-corrected chi connectivity index (χ3v) is 6.57. The van der Waals surface area contributed by atoms with Crippen LogP contribution in [0.4, 0.5) is 10.1 Å². The monoisotopic (exact) mass is 457 g/mol. The quantitative estimate of drug-likeness (QED) is 0.470. The largest absolute Gasteiger partial charge is 0.381 e. The maximum Gasteiger partial charge on any atom is 0.126 e. The van der Waals surface area contributed by atoms with E-state index in [9.17, 15) is 4.39 Å². The molecule has 24 heavy (non-hydrogen) atoms. The van der Waals surface area contributed by atoms with Gasteiger partial charge in [0.05, 0.1) is 22.9 Å². The number of halogens is 2. The van der Waals surface area contributed by atoms with Crippen molar-refractivity contribution in [3.05, 3.63) is 29.7 Å². The molecule has 2 N–H and O–H groups in total. The minimum atomic E-state index is -0.183. The molecule has 0 amide bonds. The average Bonchev–Trinajstić information content (AvgIpc) is 3.26. The molecule has 0 bridgehead atoms. The van der Waals surface area contributed by atoms with Gasteiger partial charge in [0, 0.05) is 21.6 Å². The van der Waals surface area contributed by atoms with Crippen LogP contribution < -0.4 is 5.32 Å². The van der Waals surface area contributed by atoms with E-state index in [1.807, 2.05) is 6.07 Å². The Balaban J connectivity index is 1.66. The molecule has 1 aliphatic carbocycles. The Morgan fingerprint density at radius 2 is 2.12 bits per heavy atom. The summed E-state index contributed by atoms with van der Waals surface area (Å²) in [5.74, 6) is 0.868. The maximum absolute atomic E-state index is 14.0. The average molecular weight is 457 g/mol. The number of aliphatic imine (C=N–C) groups is 1. The zero-order valence-electron chi connectivity index (χ0n) is 13.4. The van der Waals surface area contributed by atoms with Crippen molar-refractivity contribution >= 4 is 56.0 Å². The molecule has 2 heterocycles. The fourth-order valence-corrected chi connectivity index (χ4v) is 5.36. The Morgan fingerprint density at radius 3 is 2.92 bits per heavy atom. The molecule has 1 aliphatic heterocycles. The molecular weight excluding hydrogens is 436 g/mol. The van der Waals surface area contributed by atoms with Crippen LogP contribution in [0.3, 0.4) is 0 Å². The van der Waals surface area contributed by atoms with Crippen LogP contribution >= 0.6 is 34.4 Å². The second kappa shape index (κ2) is 7.23. The molecule has 1 atom stereocenters. The van der Waals surface area contributed by atoms with Crippen LogP contribution in [-0.4, -0.2) is 32.3 Å². The number of nitrogens with zero attached hydrogens (tertiary/aromatic N) is 1. The summed E-state index contributed by atoms with van der Waals surface area (Å²) < 4.78 is 15.2. The van der Waals surface area contributed by atoms with Crippen LogP contribution in [0.2, 0.25) is 0 Å². The van der Waals surface area contributed by atoms with E-state index in [2.05, 4.69) is 32.9 Å². The Labute approximate surface area is 159 Å². The first kappa shape index (κ1) is 16.7. The highest BCUT2D eigenvalue weighted by Crippen LogP contribution is 2.32. The molecule has 0 unspecified atom stereocenters. The predicted octanol–water partition coefficient (Wildman–Crippen LogP) is 5.35. The van der Waals surface area contributed by atoms with E-state index in [1.54, 1.807) is 23.9 Å². The van der Waals surface area contributed by atoms with Gasteiger partial charge in [-0.25, -0.2) is 4.39 Å². The SMILES string of the molecule is Fc1cc(NC2CCCC2)c2[nH]c(C3=N[C@H](CCI)CS3)cc2c1. The summed E-state index contributed by atoms with van der Waals surface area (Å²) in [5, 5.41) is 5.52. The van der Waals surface area contributed by atoms with E-state index in [0.717, 1.165) is 43.9 Å². The molecule has 6 heteroatoms. The van der Waals surface area contributed by atoms with Gasteiger partial charge in [-0.2, -0.15) is 0 Å². The van der Waals surface area contributed by atoms with Crippen molar-refractivity contribution in [2.45, 2.75) is 44.2 Å². The highest BCUT2D eigenvalue weighted by Gasteiger charge is 2.22. The molecule has 2 aliphatic rings. The number of aromatic nitrogens is 1. The Hall–Kier alpha value is -0.760. The molecule has 1 saturated carbocycles. The summed E-state index contributed by atoms with van der Waals surface area (Å²) in [5.41, 5.74) is 2.90. The lowest BCUT2D eigenvalue weighted by molar-refractivity contribution is 0.629. The normalized spacial score (nSPS) is 21.6. The van der Waals surface area contributed by atoms with Crippen molar-refractivity contribution in [3.8, 4) is 0 Å². The van der Waals surface area contributed by atoms with Crippen molar-refractivity contribution in [1.82, 2.24) is 4.98 Å². The standard InChI is InChI=1S/C18H21FIN3S/c19-12-7-11-8-16(18-22-14(5-6-20)10-24-18)23-17(11)15(9-12)21-13-3-1-2-4-13/h7-9,13-14,21,23H,1-6,10H2/t14-/m1/s1. The fourth-order valence-electron chi connectivity index (χ4n) is 3.56. The minimum Gasteiger partial charge on any atom is -0.381 e. The van der Waals surface area contributed by atoms with Gasteiger partial charge in [-0.1, -0.05) is 35.4 Å². The first-order valence-electron chi connectivity index (χ1n) is 8.58. The van der Waals surface area contributed by atoms with E-state index in [0.29, 0.717) is 12.1 Å². The zero-order chi connectivity index (χ0) is 16.5. The summed E-state index contributed by atoms with van der Waals surface area (Å²) >= 11 is 4.21. The van der Waals surface area contributed by atoms with Gasteiger partial charge in [0.1, 0.15) is 10.9 Å². The number of nitrogens with one attached hydrogen (secondary N) is 2. The number of hydrogen-bond acceptors (Lipinski definition) is 3. The predicted molar refractivity (Wildman–Crippen MR) is 110 cm³/mol. The molecule has 0 radical (unpaired) electrons. The number of fused-ring (bicyclic) bond motifs is 1. The summed E-state index contributed by atoms with van der Waals surface area (Å²) in [4.78, 5) is 8.32. The highest BCUT2D eigenvalue weighted by molar-refractivity contribution is 14.1. The third-order valence-electron chi connectivity index (χ3n) is 4.79.